The van der Waals surface area contributed by atoms with E-state index in [1.54, 1.807) is 16.9 Å². The molecule has 0 saturated heterocycles. The third-order valence-corrected chi connectivity index (χ3v) is 3.09. The van der Waals surface area contributed by atoms with Gasteiger partial charge in [-0.2, -0.15) is 5.10 Å². The monoisotopic (exact) mass is 287 g/mol. The molecule has 2 rings (SSSR count). The largest absolute Gasteiger partial charge is 0.471 e. The highest BCUT2D eigenvalue weighted by Crippen LogP contribution is 2.18. The van der Waals surface area contributed by atoms with Crippen LogP contribution in [-0.4, -0.2) is 22.2 Å². The highest BCUT2D eigenvalue weighted by molar-refractivity contribution is 5.92. The van der Waals surface area contributed by atoms with Crippen molar-refractivity contribution < 1.29 is 9.53 Å². The van der Waals surface area contributed by atoms with Gasteiger partial charge in [-0.25, -0.2) is 4.68 Å². The first-order valence-electron chi connectivity index (χ1n) is 7.12. The Labute approximate surface area is 124 Å². The number of hydrogen-bond acceptors (Lipinski definition) is 3. The number of carbonyl (C=O) groups is 1. The van der Waals surface area contributed by atoms with Gasteiger partial charge >= 0.3 is 0 Å². The molecule has 1 heterocycles. The average Bonchev–Trinajstić information content (AvgIpc) is 2.93. The first-order valence-corrected chi connectivity index (χ1v) is 7.12. The third-order valence-electron chi connectivity index (χ3n) is 3.09. The van der Waals surface area contributed by atoms with E-state index in [9.17, 15) is 4.79 Å². The summed E-state index contributed by atoms with van der Waals surface area (Å²) in [7, 11) is 0. The minimum atomic E-state index is -0.151. The lowest BCUT2D eigenvalue weighted by atomic mass is 10.1. The highest BCUT2D eigenvalue weighted by Gasteiger charge is 2.08. The first-order chi connectivity index (χ1) is 10.1. The summed E-state index contributed by atoms with van der Waals surface area (Å²) in [6.45, 7) is 7.01. The molecule has 0 aliphatic heterocycles. The van der Waals surface area contributed by atoms with Gasteiger partial charge in [0.25, 0.3) is 5.91 Å². The zero-order valence-electron chi connectivity index (χ0n) is 12.7. The second kappa shape index (κ2) is 6.92. The van der Waals surface area contributed by atoms with Crippen molar-refractivity contribution in [3.63, 3.8) is 0 Å². The topological polar surface area (TPSA) is 56.2 Å². The Kier molecular flexibility index (Phi) is 4.98. The van der Waals surface area contributed by atoms with E-state index in [-0.39, 0.29) is 12.6 Å². The van der Waals surface area contributed by atoms with Crippen LogP contribution in [0.5, 0.6) is 5.75 Å². The van der Waals surface area contributed by atoms with Gasteiger partial charge in [-0.1, -0.05) is 24.6 Å². The summed E-state index contributed by atoms with van der Waals surface area (Å²) in [5.41, 5.74) is 2.70. The Balaban J connectivity index is 1.95. The summed E-state index contributed by atoms with van der Waals surface area (Å²) in [4.78, 5) is 11.8. The summed E-state index contributed by atoms with van der Waals surface area (Å²) in [6.07, 6.45) is 2.65. The maximum Gasteiger partial charge on any atom is 0.271 e. The van der Waals surface area contributed by atoms with Gasteiger partial charge in [0, 0.05) is 12.7 Å². The quantitative estimate of drug-likeness (QED) is 0.888. The van der Waals surface area contributed by atoms with Crippen molar-refractivity contribution in [2.75, 3.05) is 6.54 Å². The number of benzene rings is 1. The van der Waals surface area contributed by atoms with Crippen molar-refractivity contribution in [3.8, 4) is 5.75 Å². The van der Waals surface area contributed by atoms with Crippen LogP contribution < -0.4 is 10.1 Å². The standard InChI is InChI=1S/C16H21N3O2/c1-4-8-17-16(20)14-7-9-19(18-14)11-21-15-6-5-12(2)10-13(15)3/h5-7,9-10H,4,8,11H2,1-3H3,(H,17,20). The predicted octanol–water partition coefficient (Wildman–Crippen LogP) is 2.68. The molecule has 1 amide bonds. The predicted molar refractivity (Wildman–Crippen MR) is 81.4 cm³/mol. The zero-order valence-corrected chi connectivity index (χ0v) is 12.7. The molecule has 0 atom stereocenters. The fourth-order valence-electron chi connectivity index (χ4n) is 1.98. The van der Waals surface area contributed by atoms with Crippen molar-refractivity contribution >= 4 is 5.91 Å². The van der Waals surface area contributed by atoms with E-state index in [1.807, 2.05) is 32.9 Å². The molecule has 0 spiro atoms. The van der Waals surface area contributed by atoms with Crippen LogP contribution in [0.3, 0.4) is 0 Å². The van der Waals surface area contributed by atoms with Gasteiger partial charge in [-0.3, -0.25) is 4.79 Å². The molecule has 1 N–H and O–H groups in total. The van der Waals surface area contributed by atoms with Crippen molar-refractivity contribution in [2.24, 2.45) is 0 Å². The Morgan fingerprint density at radius 3 is 2.86 bits per heavy atom. The number of amides is 1. The van der Waals surface area contributed by atoms with Crippen LogP contribution in [0.15, 0.2) is 30.5 Å². The lowest BCUT2D eigenvalue weighted by Gasteiger charge is -2.09. The molecule has 5 heteroatoms. The van der Waals surface area contributed by atoms with E-state index < -0.39 is 0 Å². The number of nitrogens with one attached hydrogen (secondary N) is 1. The molecule has 0 fully saturated rings. The number of carbonyl (C=O) groups excluding carboxylic acids is 1. The van der Waals surface area contributed by atoms with Crippen LogP contribution in [0.1, 0.15) is 35.0 Å². The fraction of sp³-hybridized carbons (Fsp3) is 0.375. The number of rotatable bonds is 6. The molecular formula is C16H21N3O2. The number of hydrogen-bond donors (Lipinski definition) is 1. The molecule has 21 heavy (non-hydrogen) atoms. The smallest absolute Gasteiger partial charge is 0.271 e. The van der Waals surface area contributed by atoms with E-state index in [4.69, 9.17) is 4.74 Å². The molecule has 0 saturated carbocycles. The van der Waals surface area contributed by atoms with Gasteiger partial charge < -0.3 is 10.1 Å². The molecule has 2 aromatic rings. The summed E-state index contributed by atoms with van der Waals surface area (Å²) < 4.78 is 7.33. The van der Waals surface area contributed by atoms with Crippen LogP contribution in [0.25, 0.3) is 0 Å². The average molecular weight is 287 g/mol. The third kappa shape index (κ3) is 4.08. The highest BCUT2D eigenvalue weighted by atomic mass is 16.5. The molecule has 112 valence electrons. The zero-order chi connectivity index (χ0) is 15.2. The summed E-state index contributed by atoms with van der Waals surface area (Å²) in [6, 6.07) is 7.72. The Morgan fingerprint density at radius 1 is 1.33 bits per heavy atom. The lowest BCUT2D eigenvalue weighted by Crippen LogP contribution is -2.24. The van der Waals surface area contributed by atoms with Crippen molar-refractivity contribution in [1.29, 1.82) is 0 Å². The van der Waals surface area contributed by atoms with E-state index in [0.29, 0.717) is 12.2 Å². The van der Waals surface area contributed by atoms with Crippen LogP contribution in [0.4, 0.5) is 0 Å². The van der Waals surface area contributed by atoms with Gasteiger partial charge in [-0.15, -0.1) is 0 Å². The SMILES string of the molecule is CCCNC(=O)c1ccn(COc2ccc(C)cc2C)n1. The summed E-state index contributed by atoms with van der Waals surface area (Å²) in [5, 5.41) is 7.00. The minimum Gasteiger partial charge on any atom is -0.471 e. The van der Waals surface area contributed by atoms with Crippen LogP contribution in [0, 0.1) is 13.8 Å². The minimum absolute atomic E-state index is 0.151. The molecule has 1 aromatic heterocycles. The maximum atomic E-state index is 11.8. The van der Waals surface area contributed by atoms with Gasteiger partial charge in [0.1, 0.15) is 11.4 Å². The number of aromatic nitrogens is 2. The normalized spacial score (nSPS) is 10.4. The van der Waals surface area contributed by atoms with Gasteiger partial charge in [0.15, 0.2) is 6.73 Å². The van der Waals surface area contributed by atoms with Gasteiger partial charge in [0.2, 0.25) is 0 Å². The Hall–Kier alpha value is -2.30. The van der Waals surface area contributed by atoms with E-state index in [0.717, 1.165) is 17.7 Å². The molecule has 0 bridgehead atoms. The summed E-state index contributed by atoms with van der Waals surface area (Å²) in [5.74, 6) is 0.676. The Bertz CT molecular complexity index is 620. The van der Waals surface area contributed by atoms with Crippen molar-refractivity contribution in [3.05, 3.63) is 47.3 Å². The lowest BCUT2D eigenvalue weighted by molar-refractivity contribution is 0.0946. The second-order valence-corrected chi connectivity index (χ2v) is 5.04. The van der Waals surface area contributed by atoms with Crippen LogP contribution in [0.2, 0.25) is 0 Å². The molecule has 5 nitrogen and oxygen atoms in total. The van der Waals surface area contributed by atoms with Crippen molar-refractivity contribution in [1.82, 2.24) is 15.1 Å². The molecule has 1 aromatic carbocycles. The van der Waals surface area contributed by atoms with Crippen molar-refractivity contribution in [2.45, 2.75) is 33.9 Å². The number of ether oxygens (including phenoxy) is 1. The number of aryl methyl sites for hydroxylation is 2. The first kappa shape index (κ1) is 15.1. The maximum absolute atomic E-state index is 11.8. The van der Waals surface area contributed by atoms with E-state index in [2.05, 4.69) is 16.5 Å². The fourth-order valence-corrected chi connectivity index (χ4v) is 1.98. The van der Waals surface area contributed by atoms with Gasteiger partial charge in [0.05, 0.1) is 0 Å². The number of nitrogens with zero attached hydrogens (tertiary/aromatic N) is 2. The Morgan fingerprint density at radius 2 is 2.14 bits per heavy atom. The molecule has 0 aliphatic carbocycles. The molecular weight excluding hydrogens is 266 g/mol. The van der Waals surface area contributed by atoms with E-state index >= 15 is 0 Å². The summed E-state index contributed by atoms with van der Waals surface area (Å²) >= 11 is 0. The van der Waals surface area contributed by atoms with Gasteiger partial charge in [-0.05, 0) is 38.0 Å². The molecule has 0 unspecified atom stereocenters. The van der Waals surface area contributed by atoms with Crippen LogP contribution in [-0.2, 0) is 6.73 Å². The molecule has 0 aliphatic rings. The molecule has 0 radical (unpaired) electrons. The second-order valence-electron chi connectivity index (χ2n) is 5.04. The van der Waals surface area contributed by atoms with E-state index in [1.165, 1.54) is 5.56 Å². The van der Waals surface area contributed by atoms with Crippen LogP contribution >= 0.6 is 0 Å².